The Bertz CT molecular complexity index is 684. The molecule has 0 atom stereocenters. The topological polar surface area (TPSA) is 59.2 Å². The number of fused-ring (bicyclic) bond motifs is 1. The maximum atomic E-state index is 11.7. The number of thiophene rings is 1. The normalized spacial score (nSPS) is 18.8. The summed E-state index contributed by atoms with van der Waals surface area (Å²) in [5, 5.41) is 8.31. The molecular formula is C16H19N3O2S2. The first kappa shape index (κ1) is 15.2. The summed E-state index contributed by atoms with van der Waals surface area (Å²) in [5.41, 5.74) is 1.45. The quantitative estimate of drug-likeness (QED) is 0.849. The minimum atomic E-state index is 0.147. The molecule has 0 spiro atoms. The van der Waals surface area contributed by atoms with E-state index in [-0.39, 0.29) is 5.91 Å². The summed E-state index contributed by atoms with van der Waals surface area (Å²) < 4.78 is 5.81. The minimum Gasteiger partial charge on any atom is -0.418 e. The molecule has 0 unspecified atom stereocenters. The van der Waals surface area contributed by atoms with Gasteiger partial charge < -0.3 is 9.32 Å². The predicted molar refractivity (Wildman–Crippen MR) is 91.4 cm³/mol. The molecule has 0 radical (unpaired) electrons. The van der Waals surface area contributed by atoms with Gasteiger partial charge >= 0.3 is 0 Å². The molecule has 122 valence electrons. The first-order valence-electron chi connectivity index (χ1n) is 8.09. The van der Waals surface area contributed by atoms with E-state index in [0.717, 1.165) is 11.3 Å². The SMILES string of the molecule is O=C1CSCN1Cc1nnc(-c2cc3c(s2)CCCCCC3)o1. The van der Waals surface area contributed by atoms with Crippen LogP contribution in [-0.4, -0.2) is 32.6 Å². The highest BCUT2D eigenvalue weighted by molar-refractivity contribution is 8.00. The van der Waals surface area contributed by atoms with Crippen molar-refractivity contribution in [3.05, 3.63) is 22.4 Å². The van der Waals surface area contributed by atoms with E-state index < -0.39 is 0 Å². The van der Waals surface area contributed by atoms with Crippen molar-refractivity contribution in [1.82, 2.24) is 15.1 Å². The third kappa shape index (κ3) is 3.30. The molecule has 3 heterocycles. The van der Waals surface area contributed by atoms with E-state index >= 15 is 0 Å². The van der Waals surface area contributed by atoms with Crippen molar-refractivity contribution in [1.29, 1.82) is 0 Å². The van der Waals surface area contributed by atoms with Crippen LogP contribution >= 0.6 is 23.1 Å². The monoisotopic (exact) mass is 349 g/mol. The molecule has 1 aliphatic carbocycles. The number of amides is 1. The summed E-state index contributed by atoms with van der Waals surface area (Å²) in [6.07, 6.45) is 7.53. The highest BCUT2D eigenvalue weighted by Gasteiger charge is 2.23. The van der Waals surface area contributed by atoms with E-state index in [1.807, 2.05) is 0 Å². The average Bonchev–Trinajstić information content (AvgIpc) is 3.22. The lowest BCUT2D eigenvalue weighted by molar-refractivity contribution is -0.127. The molecule has 2 aliphatic rings. The fourth-order valence-electron chi connectivity index (χ4n) is 3.07. The number of aryl methyl sites for hydroxylation is 2. The summed E-state index contributed by atoms with van der Waals surface area (Å²) in [7, 11) is 0. The van der Waals surface area contributed by atoms with Gasteiger partial charge in [-0.1, -0.05) is 12.8 Å². The van der Waals surface area contributed by atoms with Crippen molar-refractivity contribution >= 4 is 29.0 Å². The molecule has 1 amide bonds. The predicted octanol–water partition coefficient (Wildman–Crippen LogP) is 3.49. The number of thioether (sulfide) groups is 1. The zero-order valence-corrected chi connectivity index (χ0v) is 14.5. The number of nitrogens with zero attached hydrogens (tertiary/aromatic N) is 3. The molecule has 4 rings (SSSR count). The maximum absolute atomic E-state index is 11.7. The van der Waals surface area contributed by atoms with E-state index in [4.69, 9.17) is 4.42 Å². The Morgan fingerprint density at radius 3 is 2.87 bits per heavy atom. The third-order valence-corrected chi connectivity index (χ3v) is 6.50. The van der Waals surface area contributed by atoms with Crippen LogP contribution in [0.2, 0.25) is 0 Å². The second kappa shape index (κ2) is 6.65. The van der Waals surface area contributed by atoms with E-state index in [9.17, 15) is 4.79 Å². The van der Waals surface area contributed by atoms with Gasteiger partial charge in [0, 0.05) is 4.88 Å². The van der Waals surface area contributed by atoms with Gasteiger partial charge in [-0.05, 0) is 37.3 Å². The molecule has 5 nitrogen and oxygen atoms in total. The summed E-state index contributed by atoms with van der Waals surface area (Å²) in [6, 6.07) is 2.22. The lowest BCUT2D eigenvalue weighted by Crippen LogP contribution is -2.25. The molecule has 0 saturated carbocycles. The lowest BCUT2D eigenvalue weighted by atomic mass is 10.00. The van der Waals surface area contributed by atoms with Crippen molar-refractivity contribution < 1.29 is 9.21 Å². The third-order valence-electron chi connectivity index (χ3n) is 4.33. The number of rotatable bonds is 3. The van der Waals surface area contributed by atoms with Crippen LogP contribution < -0.4 is 0 Å². The molecule has 2 aromatic heterocycles. The fraction of sp³-hybridized carbons (Fsp3) is 0.562. The second-order valence-corrected chi connectivity index (χ2v) is 8.14. The molecule has 1 fully saturated rings. The Hall–Kier alpha value is -1.34. The summed E-state index contributed by atoms with van der Waals surface area (Å²) >= 11 is 3.41. The summed E-state index contributed by atoms with van der Waals surface area (Å²) in [4.78, 5) is 16.0. The van der Waals surface area contributed by atoms with Crippen LogP contribution in [0.4, 0.5) is 0 Å². The van der Waals surface area contributed by atoms with Gasteiger partial charge in [0.05, 0.1) is 23.1 Å². The number of hydrogen-bond acceptors (Lipinski definition) is 6. The smallest absolute Gasteiger partial charge is 0.257 e. The highest BCUT2D eigenvalue weighted by atomic mass is 32.2. The standard InChI is InChI=1S/C16H19N3O2S2/c20-15-9-22-10-19(15)8-14-17-18-16(21-14)13-7-11-5-3-1-2-4-6-12(11)23-13/h7H,1-6,8-10H2. The van der Waals surface area contributed by atoms with Crippen molar-refractivity contribution in [3.8, 4) is 10.8 Å². The van der Waals surface area contributed by atoms with E-state index in [0.29, 0.717) is 30.0 Å². The van der Waals surface area contributed by atoms with Crippen LogP contribution in [0.15, 0.2) is 10.5 Å². The van der Waals surface area contributed by atoms with E-state index in [1.54, 1.807) is 28.0 Å². The number of hydrogen-bond donors (Lipinski definition) is 0. The van der Waals surface area contributed by atoms with Crippen LogP contribution in [-0.2, 0) is 24.2 Å². The molecule has 23 heavy (non-hydrogen) atoms. The molecular weight excluding hydrogens is 330 g/mol. The van der Waals surface area contributed by atoms with Gasteiger partial charge in [0.25, 0.3) is 5.89 Å². The van der Waals surface area contributed by atoms with Gasteiger partial charge in [-0.2, -0.15) is 0 Å². The van der Waals surface area contributed by atoms with Crippen molar-refractivity contribution in [2.24, 2.45) is 0 Å². The highest BCUT2D eigenvalue weighted by Crippen LogP contribution is 2.34. The summed E-state index contributed by atoms with van der Waals surface area (Å²) in [6.45, 7) is 0.421. The minimum absolute atomic E-state index is 0.147. The zero-order valence-electron chi connectivity index (χ0n) is 12.9. The van der Waals surface area contributed by atoms with Crippen molar-refractivity contribution in [2.75, 3.05) is 11.6 Å². The zero-order chi connectivity index (χ0) is 15.6. The van der Waals surface area contributed by atoms with E-state index in [1.165, 1.54) is 42.5 Å². The van der Waals surface area contributed by atoms with Gasteiger partial charge in [-0.25, -0.2) is 0 Å². The molecule has 0 N–H and O–H groups in total. The maximum Gasteiger partial charge on any atom is 0.257 e. The summed E-state index contributed by atoms with van der Waals surface area (Å²) in [5.74, 6) is 2.53. The Labute approximate surface area is 143 Å². The Morgan fingerprint density at radius 2 is 2.04 bits per heavy atom. The van der Waals surface area contributed by atoms with Crippen LogP contribution in [0.1, 0.15) is 42.0 Å². The van der Waals surface area contributed by atoms with Crippen LogP contribution in [0.25, 0.3) is 10.8 Å². The lowest BCUT2D eigenvalue weighted by Gasteiger charge is -2.10. The Morgan fingerprint density at radius 1 is 1.17 bits per heavy atom. The molecule has 1 saturated heterocycles. The van der Waals surface area contributed by atoms with Crippen molar-refractivity contribution in [3.63, 3.8) is 0 Å². The first-order chi connectivity index (χ1) is 11.3. The number of aromatic nitrogens is 2. The molecule has 0 aromatic carbocycles. The van der Waals surface area contributed by atoms with Gasteiger partial charge in [-0.15, -0.1) is 33.3 Å². The van der Waals surface area contributed by atoms with Gasteiger partial charge in [-0.3, -0.25) is 4.79 Å². The first-order valence-corrected chi connectivity index (χ1v) is 10.1. The number of carbonyl (C=O) groups excluding carboxylic acids is 1. The largest absolute Gasteiger partial charge is 0.418 e. The molecule has 0 bridgehead atoms. The van der Waals surface area contributed by atoms with Gasteiger partial charge in [0.1, 0.15) is 0 Å². The fourth-order valence-corrected chi connectivity index (χ4v) is 5.15. The van der Waals surface area contributed by atoms with Crippen LogP contribution in [0.5, 0.6) is 0 Å². The van der Waals surface area contributed by atoms with Gasteiger partial charge in [0.2, 0.25) is 11.8 Å². The van der Waals surface area contributed by atoms with Gasteiger partial charge in [0.15, 0.2) is 0 Å². The van der Waals surface area contributed by atoms with Crippen molar-refractivity contribution in [2.45, 2.75) is 45.1 Å². The Kier molecular flexibility index (Phi) is 4.39. The van der Waals surface area contributed by atoms with Crippen LogP contribution in [0, 0.1) is 0 Å². The average molecular weight is 349 g/mol. The van der Waals surface area contributed by atoms with E-state index in [2.05, 4.69) is 16.3 Å². The Balaban J connectivity index is 1.52. The second-order valence-electron chi connectivity index (χ2n) is 6.04. The molecule has 7 heteroatoms. The molecule has 2 aromatic rings. The number of carbonyl (C=O) groups is 1. The van der Waals surface area contributed by atoms with Crippen LogP contribution in [0.3, 0.4) is 0 Å². The molecule has 1 aliphatic heterocycles.